The van der Waals surface area contributed by atoms with E-state index in [9.17, 15) is 13.6 Å². The van der Waals surface area contributed by atoms with Gasteiger partial charge in [0.2, 0.25) is 0 Å². The van der Waals surface area contributed by atoms with Gasteiger partial charge < -0.3 is 24.5 Å². The Labute approximate surface area is 239 Å². The number of hydrogen-bond acceptors (Lipinski definition) is 4. The van der Waals surface area contributed by atoms with Crippen LogP contribution in [-0.2, 0) is 21.4 Å². The molecule has 3 N–H and O–H groups in total. The lowest BCUT2D eigenvalue weighted by Crippen LogP contribution is -2.39. The number of carboxylic acids is 1. The van der Waals surface area contributed by atoms with Gasteiger partial charge in [0.1, 0.15) is 17.4 Å². The average Bonchev–Trinajstić information content (AvgIpc) is 3.66. The molecule has 216 valence electrons. The third-order valence-corrected chi connectivity index (χ3v) is 7.88. The van der Waals surface area contributed by atoms with Crippen molar-refractivity contribution in [1.29, 1.82) is 0 Å². The van der Waals surface area contributed by atoms with Crippen molar-refractivity contribution in [1.82, 2.24) is 15.0 Å². The van der Waals surface area contributed by atoms with Gasteiger partial charge in [-0.1, -0.05) is 24.3 Å². The summed E-state index contributed by atoms with van der Waals surface area (Å²) in [7, 11) is 0. The van der Waals surface area contributed by atoms with Crippen LogP contribution in [0.15, 0.2) is 67.0 Å². The number of nitrogens with zero attached hydrogens (tertiary/aromatic N) is 1. The average molecular weight is 576 g/mol. The monoisotopic (exact) mass is 575 g/mol. The smallest absolute Gasteiger partial charge is 0.303 e. The molecule has 7 nitrogen and oxygen atoms in total. The molecule has 10 heteroatoms. The minimum absolute atomic E-state index is 0.0225. The zero-order valence-corrected chi connectivity index (χ0v) is 22.7. The van der Waals surface area contributed by atoms with E-state index in [2.05, 4.69) is 15.0 Å². The van der Waals surface area contributed by atoms with Gasteiger partial charge in [0.15, 0.2) is 17.4 Å². The first kappa shape index (κ1) is 27.6. The summed E-state index contributed by atoms with van der Waals surface area (Å²) in [6, 6.07) is 14.3. The SMILES string of the molecule is C[C@H]1CC(c2cccc(CCC(=O)O)c2)(c2cnc(-c3cc(Oc4c(F)cc5[nH]ccc5c4F)ccc3F)[nH]2)CCO1. The molecular formula is C32H28F3N3O4. The predicted molar refractivity (Wildman–Crippen MR) is 150 cm³/mol. The van der Waals surface area contributed by atoms with Crippen molar-refractivity contribution in [2.75, 3.05) is 6.61 Å². The number of carboxylic acid groups (broad SMARTS) is 1. The highest BCUT2D eigenvalue weighted by atomic mass is 19.1. The molecule has 1 aliphatic heterocycles. The number of hydrogen-bond donors (Lipinski definition) is 3. The van der Waals surface area contributed by atoms with Gasteiger partial charge >= 0.3 is 5.97 Å². The van der Waals surface area contributed by atoms with Gasteiger partial charge in [-0.15, -0.1) is 0 Å². The molecule has 1 saturated heterocycles. The second-order valence-corrected chi connectivity index (χ2v) is 10.6. The molecule has 1 aliphatic rings. The third-order valence-electron chi connectivity index (χ3n) is 7.88. The van der Waals surface area contributed by atoms with E-state index in [1.54, 1.807) is 6.20 Å². The number of aryl methyl sites for hydroxylation is 1. The molecule has 2 aromatic heterocycles. The minimum Gasteiger partial charge on any atom is -0.481 e. The van der Waals surface area contributed by atoms with E-state index in [0.717, 1.165) is 29.0 Å². The number of H-pyrrole nitrogens is 2. The molecule has 0 radical (unpaired) electrons. The summed E-state index contributed by atoms with van der Waals surface area (Å²) < 4.78 is 56.2. The van der Waals surface area contributed by atoms with E-state index in [4.69, 9.17) is 14.6 Å². The Morgan fingerprint density at radius 1 is 1.14 bits per heavy atom. The number of rotatable bonds is 8. The number of aliphatic carboxylic acids is 1. The Bertz CT molecular complexity index is 1780. The lowest BCUT2D eigenvalue weighted by molar-refractivity contribution is -0.136. The van der Waals surface area contributed by atoms with Crippen LogP contribution in [0.4, 0.5) is 13.2 Å². The van der Waals surface area contributed by atoms with E-state index in [1.807, 2.05) is 31.2 Å². The van der Waals surface area contributed by atoms with Crippen molar-refractivity contribution >= 4 is 16.9 Å². The highest BCUT2D eigenvalue weighted by molar-refractivity contribution is 5.82. The molecule has 3 aromatic carbocycles. The Balaban J connectivity index is 1.35. The molecule has 6 rings (SSSR count). The standard InChI is InChI=1S/C32H28F3N3O4/c1-18-16-32(10-12-41-18,20-4-2-3-19(13-20)5-8-28(39)40)27-17-37-31(38-27)23-14-21(6-7-24(23)33)42-30-25(34)15-26-22(29(30)35)9-11-36-26/h2-4,6-7,9,11,13-15,17-18,36H,5,8,10,12,16H2,1H3,(H,37,38)(H,39,40)/t18-,32?/m0/s1. The summed E-state index contributed by atoms with van der Waals surface area (Å²) >= 11 is 0. The molecular weight excluding hydrogens is 547 g/mol. The Kier molecular flexibility index (Phi) is 7.24. The molecule has 1 unspecified atom stereocenters. The van der Waals surface area contributed by atoms with Crippen LogP contribution >= 0.6 is 0 Å². The first-order valence-corrected chi connectivity index (χ1v) is 13.6. The third kappa shape index (κ3) is 5.14. The Morgan fingerprint density at radius 2 is 2.00 bits per heavy atom. The van der Waals surface area contributed by atoms with Crippen LogP contribution in [-0.4, -0.2) is 38.7 Å². The maximum Gasteiger partial charge on any atom is 0.303 e. The molecule has 1 fully saturated rings. The quantitative estimate of drug-likeness (QED) is 0.181. The second-order valence-electron chi connectivity index (χ2n) is 10.6. The molecule has 0 saturated carbocycles. The van der Waals surface area contributed by atoms with Crippen LogP contribution in [0.3, 0.4) is 0 Å². The van der Waals surface area contributed by atoms with Crippen LogP contribution in [0.1, 0.15) is 43.0 Å². The molecule has 0 bridgehead atoms. The summed E-state index contributed by atoms with van der Waals surface area (Å²) in [5.41, 5.74) is 2.48. The normalized spacial score (nSPS) is 18.8. The largest absolute Gasteiger partial charge is 0.481 e. The van der Waals surface area contributed by atoms with Crippen molar-refractivity contribution < 1.29 is 32.5 Å². The van der Waals surface area contributed by atoms with E-state index in [-0.39, 0.29) is 35.0 Å². The molecule has 2 atom stereocenters. The summed E-state index contributed by atoms with van der Waals surface area (Å²) in [6.45, 7) is 2.48. The number of carbonyl (C=O) groups is 1. The van der Waals surface area contributed by atoms with E-state index in [0.29, 0.717) is 31.4 Å². The van der Waals surface area contributed by atoms with Gasteiger partial charge in [-0.2, -0.15) is 0 Å². The van der Waals surface area contributed by atoms with Crippen molar-refractivity contribution in [3.8, 4) is 22.9 Å². The van der Waals surface area contributed by atoms with Crippen LogP contribution in [0.25, 0.3) is 22.3 Å². The first-order chi connectivity index (χ1) is 20.2. The molecule has 42 heavy (non-hydrogen) atoms. The predicted octanol–water partition coefficient (Wildman–Crippen LogP) is 7.27. The Hall–Kier alpha value is -4.57. The number of fused-ring (bicyclic) bond motifs is 1. The van der Waals surface area contributed by atoms with Crippen molar-refractivity contribution in [3.05, 3.63) is 101 Å². The Morgan fingerprint density at radius 3 is 2.81 bits per heavy atom. The number of ether oxygens (including phenoxy) is 2. The second kappa shape index (κ2) is 11.0. The molecule has 0 amide bonds. The summed E-state index contributed by atoms with van der Waals surface area (Å²) in [5.74, 6) is -3.52. The summed E-state index contributed by atoms with van der Waals surface area (Å²) in [6.07, 6.45) is 4.78. The maximum absolute atomic E-state index is 15.1. The fraction of sp³-hybridized carbons (Fsp3) is 0.250. The minimum atomic E-state index is -0.894. The number of aromatic amines is 2. The number of nitrogens with one attached hydrogen (secondary N) is 2. The van der Waals surface area contributed by atoms with E-state index < -0.39 is 34.6 Å². The number of imidazole rings is 1. The lowest BCUT2D eigenvalue weighted by atomic mass is 9.70. The van der Waals surface area contributed by atoms with Crippen molar-refractivity contribution in [2.45, 2.75) is 44.1 Å². The maximum atomic E-state index is 15.1. The van der Waals surface area contributed by atoms with E-state index in [1.165, 1.54) is 24.4 Å². The van der Waals surface area contributed by atoms with Crippen molar-refractivity contribution in [3.63, 3.8) is 0 Å². The van der Waals surface area contributed by atoms with Gasteiger partial charge in [0.25, 0.3) is 0 Å². The molecule has 0 spiro atoms. The van der Waals surface area contributed by atoms with Crippen LogP contribution in [0, 0.1) is 17.5 Å². The van der Waals surface area contributed by atoms with Gasteiger partial charge in [0, 0.05) is 48.0 Å². The fourth-order valence-corrected chi connectivity index (χ4v) is 5.80. The van der Waals surface area contributed by atoms with Crippen molar-refractivity contribution in [2.24, 2.45) is 0 Å². The number of benzene rings is 3. The topological polar surface area (TPSA) is 100 Å². The zero-order valence-electron chi connectivity index (χ0n) is 22.7. The van der Waals surface area contributed by atoms with Crippen LogP contribution in [0.5, 0.6) is 11.5 Å². The van der Waals surface area contributed by atoms with Crippen LogP contribution in [0.2, 0.25) is 0 Å². The fourth-order valence-electron chi connectivity index (χ4n) is 5.80. The molecule has 0 aliphatic carbocycles. The lowest BCUT2D eigenvalue weighted by Gasteiger charge is -2.40. The van der Waals surface area contributed by atoms with Gasteiger partial charge in [-0.3, -0.25) is 4.79 Å². The summed E-state index contributed by atoms with van der Waals surface area (Å²) in [5, 5.41) is 9.32. The number of halogens is 3. The zero-order chi connectivity index (χ0) is 29.4. The highest BCUT2D eigenvalue weighted by Crippen LogP contribution is 2.43. The number of aromatic nitrogens is 3. The molecule has 5 aromatic rings. The van der Waals surface area contributed by atoms with Gasteiger partial charge in [-0.05, 0) is 61.6 Å². The van der Waals surface area contributed by atoms with Crippen LogP contribution < -0.4 is 4.74 Å². The highest BCUT2D eigenvalue weighted by Gasteiger charge is 2.40. The molecule has 3 heterocycles. The first-order valence-electron chi connectivity index (χ1n) is 13.6. The van der Waals surface area contributed by atoms with Gasteiger partial charge in [-0.25, -0.2) is 18.2 Å². The van der Waals surface area contributed by atoms with E-state index >= 15 is 4.39 Å². The van der Waals surface area contributed by atoms with Gasteiger partial charge in [0.05, 0.1) is 17.2 Å². The summed E-state index contributed by atoms with van der Waals surface area (Å²) in [4.78, 5) is 21.7.